The van der Waals surface area contributed by atoms with E-state index >= 15 is 0 Å². The first kappa shape index (κ1) is 16.7. The van der Waals surface area contributed by atoms with Gasteiger partial charge >= 0.3 is 0 Å². The van der Waals surface area contributed by atoms with E-state index in [4.69, 9.17) is 14.1 Å². The standard InChI is InChI=1S/C20H25N5O2/c1-11-13(3)27-20(23-11)16-5-4-15(16)18-22-12(2)17-10-21-25(19(17)24-18)14-6-8-26-9-7-14/h10,14-16H,2,4-9H2,1,3H3,(H,22,24)/t15-,16-/m1/s1. The van der Waals surface area contributed by atoms with Crippen molar-refractivity contribution in [3.63, 3.8) is 0 Å². The molecule has 27 heavy (non-hydrogen) atoms. The van der Waals surface area contributed by atoms with Crippen LogP contribution < -0.4 is 5.32 Å². The minimum atomic E-state index is 0.275. The fraction of sp³-hybridized carbons (Fsp3) is 0.550. The summed E-state index contributed by atoms with van der Waals surface area (Å²) in [7, 11) is 0. The van der Waals surface area contributed by atoms with Gasteiger partial charge in [0.15, 0.2) is 11.7 Å². The lowest BCUT2D eigenvalue weighted by molar-refractivity contribution is 0.0667. The molecule has 2 aromatic heterocycles. The largest absolute Gasteiger partial charge is 0.445 e. The van der Waals surface area contributed by atoms with Crippen LogP contribution in [-0.2, 0) is 4.74 Å². The summed E-state index contributed by atoms with van der Waals surface area (Å²) in [6.45, 7) is 9.73. The van der Waals surface area contributed by atoms with Gasteiger partial charge in [-0.3, -0.25) is 0 Å². The predicted octanol–water partition coefficient (Wildman–Crippen LogP) is 3.64. The molecule has 0 aromatic carbocycles. The molecule has 2 fully saturated rings. The molecular weight excluding hydrogens is 342 g/mol. The highest BCUT2D eigenvalue weighted by Gasteiger charge is 2.41. The summed E-state index contributed by atoms with van der Waals surface area (Å²) in [4.78, 5) is 9.61. The van der Waals surface area contributed by atoms with Crippen LogP contribution in [0.15, 0.2) is 22.2 Å². The molecule has 7 heteroatoms. The molecular formula is C20H25N5O2. The molecule has 0 bridgehead atoms. The van der Waals surface area contributed by atoms with Gasteiger partial charge in [0.25, 0.3) is 0 Å². The summed E-state index contributed by atoms with van der Waals surface area (Å²) in [6, 6.07) is 0.340. The van der Waals surface area contributed by atoms with Gasteiger partial charge in [0, 0.05) is 30.7 Å². The number of nitrogens with zero attached hydrogens (tertiary/aromatic N) is 4. The van der Waals surface area contributed by atoms with Crippen molar-refractivity contribution in [1.82, 2.24) is 20.1 Å². The Labute approximate surface area is 158 Å². The number of fused-ring (bicyclic) bond motifs is 1. The monoisotopic (exact) mass is 367 g/mol. The quantitative estimate of drug-likeness (QED) is 0.896. The molecule has 2 atom stereocenters. The van der Waals surface area contributed by atoms with E-state index in [-0.39, 0.29) is 11.8 Å². The molecule has 0 spiro atoms. The second kappa shape index (κ2) is 6.34. The maximum absolute atomic E-state index is 5.89. The van der Waals surface area contributed by atoms with E-state index in [2.05, 4.69) is 26.7 Å². The van der Waals surface area contributed by atoms with Gasteiger partial charge in [-0.05, 0) is 39.5 Å². The molecule has 5 rings (SSSR count). The Bertz CT molecular complexity index is 899. The Kier molecular flexibility index (Phi) is 3.93. The molecule has 2 aromatic rings. The zero-order chi connectivity index (χ0) is 18.5. The molecule has 0 radical (unpaired) electrons. The Morgan fingerprint density at radius 1 is 1.15 bits per heavy atom. The summed E-state index contributed by atoms with van der Waals surface area (Å²) in [5.74, 6) is 4.18. The number of hydrogen-bond donors (Lipinski definition) is 1. The van der Waals surface area contributed by atoms with Crippen LogP contribution in [0.4, 0.5) is 5.82 Å². The Morgan fingerprint density at radius 3 is 2.59 bits per heavy atom. The molecule has 1 saturated heterocycles. The Morgan fingerprint density at radius 2 is 1.93 bits per heavy atom. The molecule has 142 valence electrons. The maximum Gasteiger partial charge on any atom is 0.198 e. The van der Waals surface area contributed by atoms with E-state index in [1.54, 1.807) is 0 Å². The van der Waals surface area contributed by atoms with Crippen molar-refractivity contribution in [2.45, 2.75) is 51.5 Å². The van der Waals surface area contributed by atoms with E-state index in [9.17, 15) is 0 Å². The van der Waals surface area contributed by atoms with E-state index in [0.29, 0.717) is 6.04 Å². The van der Waals surface area contributed by atoms with Crippen molar-refractivity contribution in [1.29, 1.82) is 0 Å². The average Bonchev–Trinajstić information content (AvgIpc) is 3.19. The summed E-state index contributed by atoms with van der Waals surface area (Å²) in [5.41, 5.74) is 2.83. The molecule has 2 aliphatic heterocycles. The van der Waals surface area contributed by atoms with Gasteiger partial charge in [-0.15, -0.1) is 0 Å². The smallest absolute Gasteiger partial charge is 0.198 e. The molecule has 0 unspecified atom stereocenters. The fourth-order valence-electron chi connectivity index (χ4n) is 4.20. The van der Waals surface area contributed by atoms with Crippen molar-refractivity contribution in [3.05, 3.63) is 35.7 Å². The van der Waals surface area contributed by atoms with Crippen molar-refractivity contribution < 1.29 is 9.15 Å². The first-order valence-electron chi connectivity index (χ1n) is 9.76. The number of aromatic nitrogens is 3. The minimum Gasteiger partial charge on any atom is -0.445 e. The summed E-state index contributed by atoms with van der Waals surface area (Å²) < 4.78 is 13.5. The summed E-state index contributed by atoms with van der Waals surface area (Å²) in [6.07, 6.45) is 5.97. The van der Waals surface area contributed by atoms with Gasteiger partial charge in [0.05, 0.1) is 23.5 Å². The molecule has 3 aliphatic rings. The van der Waals surface area contributed by atoms with Crippen LogP contribution in [0.3, 0.4) is 0 Å². The van der Waals surface area contributed by atoms with Crippen molar-refractivity contribution in [2.24, 2.45) is 10.9 Å². The van der Waals surface area contributed by atoms with Crippen LogP contribution in [0.2, 0.25) is 0 Å². The van der Waals surface area contributed by atoms with E-state index in [1.807, 2.05) is 20.0 Å². The van der Waals surface area contributed by atoms with Crippen LogP contribution in [0.25, 0.3) is 5.70 Å². The van der Waals surface area contributed by atoms with Crippen molar-refractivity contribution in [2.75, 3.05) is 13.2 Å². The van der Waals surface area contributed by atoms with Gasteiger partial charge in [-0.2, -0.15) is 5.10 Å². The number of aliphatic imine (C=N–C) groups is 1. The van der Waals surface area contributed by atoms with Gasteiger partial charge in [0.1, 0.15) is 11.6 Å². The van der Waals surface area contributed by atoms with Gasteiger partial charge < -0.3 is 14.5 Å². The van der Waals surface area contributed by atoms with Crippen molar-refractivity contribution in [3.8, 4) is 0 Å². The third kappa shape index (κ3) is 2.72. The number of ether oxygens (including phenoxy) is 1. The molecule has 1 saturated carbocycles. The maximum atomic E-state index is 5.89. The normalized spacial score (nSPS) is 25.6. The summed E-state index contributed by atoms with van der Waals surface area (Å²) in [5, 5.41) is 8.04. The molecule has 1 aliphatic carbocycles. The fourth-order valence-corrected chi connectivity index (χ4v) is 4.20. The van der Waals surface area contributed by atoms with Crippen LogP contribution >= 0.6 is 0 Å². The van der Waals surface area contributed by atoms with E-state index < -0.39 is 0 Å². The van der Waals surface area contributed by atoms with E-state index in [1.165, 1.54) is 0 Å². The average molecular weight is 367 g/mol. The molecule has 7 nitrogen and oxygen atoms in total. The third-order valence-corrected chi connectivity index (χ3v) is 6.12. The highest BCUT2D eigenvalue weighted by Crippen LogP contribution is 2.45. The minimum absolute atomic E-state index is 0.275. The Balaban J connectivity index is 1.46. The number of oxazole rings is 1. The number of rotatable bonds is 3. The zero-order valence-corrected chi connectivity index (χ0v) is 15.9. The lowest BCUT2D eigenvalue weighted by Crippen LogP contribution is -2.40. The first-order chi connectivity index (χ1) is 13.1. The number of amidine groups is 1. The molecule has 1 N–H and O–H groups in total. The van der Waals surface area contributed by atoms with E-state index in [0.717, 1.165) is 79.2 Å². The zero-order valence-electron chi connectivity index (χ0n) is 15.9. The first-order valence-corrected chi connectivity index (χ1v) is 9.76. The van der Waals surface area contributed by atoms with Gasteiger partial charge in [-0.25, -0.2) is 14.7 Å². The second-order valence-electron chi connectivity index (χ2n) is 7.75. The molecule has 4 heterocycles. The molecule has 0 amide bonds. The van der Waals surface area contributed by atoms with Crippen LogP contribution in [-0.4, -0.2) is 33.8 Å². The lowest BCUT2D eigenvalue weighted by atomic mass is 9.72. The Hall–Kier alpha value is -2.41. The lowest BCUT2D eigenvalue weighted by Gasteiger charge is -2.37. The SMILES string of the molecule is C=C1NC([C@@H]2CC[C@H]2c2nc(C)c(C)o2)=Nc2c1cnn2C1CCOCC1. The highest BCUT2D eigenvalue weighted by atomic mass is 16.5. The van der Waals surface area contributed by atoms with Crippen LogP contribution in [0, 0.1) is 19.8 Å². The van der Waals surface area contributed by atoms with Gasteiger partial charge in [0.2, 0.25) is 0 Å². The summed E-state index contributed by atoms with van der Waals surface area (Å²) >= 11 is 0. The second-order valence-corrected chi connectivity index (χ2v) is 7.75. The topological polar surface area (TPSA) is 77.5 Å². The number of hydrogen-bond acceptors (Lipinski definition) is 6. The predicted molar refractivity (Wildman–Crippen MR) is 102 cm³/mol. The highest BCUT2D eigenvalue weighted by molar-refractivity contribution is 5.99. The van der Waals surface area contributed by atoms with Crippen LogP contribution in [0.5, 0.6) is 0 Å². The van der Waals surface area contributed by atoms with Crippen LogP contribution in [0.1, 0.15) is 60.6 Å². The number of nitrogens with one attached hydrogen (secondary N) is 1. The third-order valence-electron chi connectivity index (χ3n) is 6.12. The van der Waals surface area contributed by atoms with Crippen molar-refractivity contribution >= 4 is 17.4 Å². The number of aryl methyl sites for hydroxylation is 2. The van der Waals surface area contributed by atoms with Gasteiger partial charge in [-0.1, -0.05) is 6.58 Å².